The standard InChI is InChI=1S/C6H7N5S2/c1-12-5-3-4(10-11-9-3)7-6(8-5)13-2/h1-2H3,(H,7,8,9,10,11). The smallest absolute Gasteiger partial charge is 0.206 e. The molecule has 0 aliphatic heterocycles. The highest BCUT2D eigenvalue weighted by molar-refractivity contribution is 7.99. The zero-order valence-electron chi connectivity index (χ0n) is 7.11. The molecule has 1 N–H and O–H groups in total. The number of nitrogens with zero attached hydrogens (tertiary/aromatic N) is 4. The van der Waals surface area contributed by atoms with Crippen LogP contribution in [0.3, 0.4) is 0 Å². The van der Waals surface area contributed by atoms with E-state index in [4.69, 9.17) is 0 Å². The second kappa shape index (κ2) is 3.51. The van der Waals surface area contributed by atoms with E-state index in [1.165, 1.54) is 11.8 Å². The Morgan fingerprint density at radius 1 is 1.15 bits per heavy atom. The summed E-state index contributed by atoms with van der Waals surface area (Å²) in [5.41, 5.74) is 1.44. The van der Waals surface area contributed by atoms with Crippen molar-refractivity contribution < 1.29 is 0 Å². The van der Waals surface area contributed by atoms with Gasteiger partial charge in [0.15, 0.2) is 5.16 Å². The SMILES string of the molecule is CSc1nc(SC)c2[nH]nnc2n1. The normalized spacial score (nSPS) is 10.9. The van der Waals surface area contributed by atoms with Gasteiger partial charge in [0.2, 0.25) is 5.65 Å². The van der Waals surface area contributed by atoms with Gasteiger partial charge in [0, 0.05) is 0 Å². The van der Waals surface area contributed by atoms with Crippen LogP contribution in [0, 0.1) is 0 Å². The lowest BCUT2D eigenvalue weighted by molar-refractivity contribution is 0.925. The first-order valence-corrected chi connectivity index (χ1v) is 5.97. The zero-order chi connectivity index (χ0) is 9.26. The van der Waals surface area contributed by atoms with Crippen LogP contribution in [0.25, 0.3) is 11.2 Å². The molecule has 2 aromatic rings. The molecule has 2 aromatic heterocycles. The van der Waals surface area contributed by atoms with Gasteiger partial charge < -0.3 is 0 Å². The van der Waals surface area contributed by atoms with Crippen molar-refractivity contribution in [1.82, 2.24) is 25.4 Å². The lowest BCUT2D eigenvalue weighted by Gasteiger charge is -1.98. The molecule has 0 amide bonds. The average molecular weight is 213 g/mol. The Morgan fingerprint density at radius 3 is 2.69 bits per heavy atom. The summed E-state index contributed by atoms with van der Waals surface area (Å²) >= 11 is 3.06. The minimum absolute atomic E-state index is 0.628. The van der Waals surface area contributed by atoms with Crippen LogP contribution in [0.4, 0.5) is 0 Å². The van der Waals surface area contributed by atoms with E-state index in [2.05, 4.69) is 25.4 Å². The quantitative estimate of drug-likeness (QED) is 0.459. The summed E-state index contributed by atoms with van der Waals surface area (Å²) < 4.78 is 0. The number of aromatic amines is 1. The minimum atomic E-state index is 0.628. The van der Waals surface area contributed by atoms with Gasteiger partial charge in [-0.1, -0.05) is 17.0 Å². The van der Waals surface area contributed by atoms with Gasteiger partial charge in [-0.3, -0.25) is 5.10 Å². The fourth-order valence-corrected chi connectivity index (χ4v) is 1.88. The number of hydrogen-bond donors (Lipinski definition) is 1. The molecule has 68 valence electrons. The van der Waals surface area contributed by atoms with E-state index in [0.29, 0.717) is 5.65 Å². The number of rotatable bonds is 2. The maximum atomic E-state index is 4.31. The molecule has 0 aliphatic carbocycles. The van der Waals surface area contributed by atoms with E-state index >= 15 is 0 Å². The molecule has 0 saturated carbocycles. The Bertz CT molecular complexity index is 426. The van der Waals surface area contributed by atoms with Gasteiger partial charge in [-0.15, -0.1) is 16.9 Å². The van der Waals surface area contributed by atoms with Gasteiger partial charge >= 0.3 is 0 Å². The number of H-pyrrole nitrogens is 1. The van der Waals surface area contributed by atoms with Crippen molar-refractivity contribution in [3.05, 3.63) is 0 Å². The first kappa shape index (κ1) is 8.76. The van der Waals surface area contributed by atoms with Crippen LogP contribution in [0.1, 0.15) is 0 Å². The summed E-state index contributed by atoms with van der Waals surface area (Å²) in [5, 5.41) is 11.9. The van der Waals surface area contributed by atoms with Crippen molar-refractivity contribution in [1.29, 1.82) is 0 Å². The first-order chi connectivity index (χ1) is 6.35. The van der Waals surface area contributed by atoms with E-state index in [1.807, 2.05) is 12.5 Å². The number of nitrogens with one attached hydrogen (secondary N) is 1. The summed E-state index contributed by atoms with van der Waals surface area (Å²) in [5.74, 6) is 0. The number of thioether (sulfide) groups is 2. The second-order valence-corrected chi connectivity index (χ2v) is 3.80. The third-order valence-electron chi connectivity index (χ3n) is 1.52. The Morgan fingerprint density at radius 2 is 2.00 bits per heavy atom. The molecule has 0 radical (unpaired) electrons. The molecule has 0 bridgehead atoms. The maximum absolute atomic E-state index is 4.31. The van der Waals surface area contributed by atoms with Crippen LogP contribution < -0.4 is 0 Å². The van der Waals surface area contributed by atoms with E-state index in [9.17, 15) is 0 Å². The van der Waals surface area contributed by atoms with Gasteiger partial charge in [-0.05, 0) is 12.5 Å². The molecule has 0 unspecified atom stereocenters. The summed E-state index contributed by atoms with van der Waals surface area (Å²) in [7, 11) is 0. The van der Waals surface area contributed by atoms with Crippen LogP contribution >= 0.6 is 23.5 Å². The summed E-state index contributed by atoms with van der Waals surface area (Å²) in [6.45, 7) is 0. The van der Waals surface area contributed by atoms with Crippen LogP contribution in [0.2, 0.25) is 0 Å². The monoisotopic (exact) mass is 213 g/mol. The Labute approximate surface area is 83.1 Å². The summed E-state index contributed by atoms with van der Waals surface area (Å²) in [6, 6.07) is 0. The third kappa shape index (κ3) is 1.49. The lowest BCUT2D eigenvalue weighted by Crippen LogP contribution is -1.90. The largest absolute Gasteiger partial charge is 0.253 e. The van der Waals surface area contributed by atoms with E-state index in [-0.39, 0.29) is 0 Å². The van der Waals surface area contributed by atoms with Crippen LogP contribution in [-0.2, 0) is 0 Å². The van der Waals surface area contributed by atoms with Gasteiger partial charge in [0.1, 0.15) is 10.5 Å². The molecule has 0 aliphatic rings. The van der Waals surface area contributed by atoms with E-state index < -0.39 is 0 Å². The van der Waals surface area contributed by atoms with Crippen molar-refractivity contribution in [2.24, 2.45) is 0 Å². The van der Waals surface area contributed by atoms with E-state index in [1.54, 1.807) is 11.8 Å². The second-order valence-electron chi connectivity index (χ2n) is 2.23. The molecule has 5 nitrogen and oxygen atoms in total. The summed E-state index contributed by atoms with van der Waals surface area (Å²) in [4.78, 5) is 8.51. The average Bonchev–Trinajstić information content (AvgIpc) is 2.63. The predicted molar refractivity (Wildman–Crippen MR) is 53.0 cm³/mol. The molecule has 13 heavy (non-hydrogen) atoms. The van der Waals surface area contributed by atoms with E-state index in [0.717, 1.165) is 15.7 Å². The molecule has 7 heteroatoms. The Balaban J connectivity index is 2.70. The molecule has 0 saturated heterocycles. The van der Waals surface area contributed by atoms with Gasteiger partial charge in [0.25, 0.3) is 0 Å². The first-order valence-electron chi connectivity index (χ1n) is 3.52. The summed E-state index contributed by atoms with van der Waals surface area (Å²) in [6.07, 6.45) is 3.90. The maximum Gasteiger partial charge on any atom is 0.206 e. The van der Waals surface area contributed by atoms with Crippen molar-refractivity contribution >= 4 is 34.7 Å². The highest BCUT2D eigenvalue weighted by Gasteiger charge is 2.08. The topological polar surface area (TPSA) is 67.3 Å². The minimum Gasteiger partial charge on any atom is -0.253 e. The van der Waals surface area contributed by atoms with Crippen LogP contribution in [0.15, 0.2) is 10.2 Å². The zero-order valence-corrected chi connectivity index (χ0v) is 8.74. The van der Waals surface area contributed by atoms with Gasteiger partial charge in [-0.2, -0.15) is 4.98 Å². The molecule has 0 aromatic carbocycles. The van der Waals surface area contributed by atoms with Gasteiger partial charge in [0.05, 0.1) is 0 Å². The van der Waals surface area contributed by atoms with Crippen LogP contribution in [0.5, 0.6) is 0 Å². The molecule has 0 spiro atoms. The molecule has 0 fully saturated rings. The van der Waals surface area contributed by atoms with Crippen molar-refractivity contribution in [3.8, 4) is 0 Å². The fourth-order valence-electron chi connectivity index (χ4n) is 0.941. The molecular weight excluding hydrogens is 206 g/mol. The Kier molecular flexibility index (Phi) is 2.36. The number of fused-ring (bicyclic) bond motifs is 1. The number of aromatic nitrogens is 5. The molecule has 2 heterocycles. The predicted octanol–water partition coefficient (Wildman–Crippen LogP) is 1.19. The molecular formula is C6H7N5S2. The molecule has 0 atom stereocenters. The Hall–Kier alpha value is -0.820. The fraction of sp³-hybridized carbons (Fsp3) is 0.333. The van der Waals surface area contributed by atoms with Crippen LogP contribution in [-0.4, -0.2) is 37.9 Å². The van der Waals surface area contributed by atoms with Crippen molar-refractivity contribution in [2.75, 3.05) is 12.5 Å². The van der Waals surface area contributed by atoms with Gasteiger partial charge in [-0.25, -0.2) is 4.98 Å². The lowest BCUT2D eigenvalue weighted by atomic mass is 10.6. The van der Waals surface area contributed by atoms with Crippen molar-refractivity contribution in [3.63, 3.8) is 0 Å². The third-order valence-corrected chi connectivity index (χ3v) is 2.75. The molecule has 2 rings (SSSR count). The highest BCUT2D eigenvalue weighted by atomic mass is 32.2. The highest BCUT2D eigenvalue weighted by Crippen LogP contribution is 2.22. The van der Waals surface area contributed by atoms with Crippen molar-refractivity contribution in [2.45, 2.75) is 10.2 Å². The number of hydrogen-bond acceptors (Lipinski definition) is 6.